The number of hydrogen-bond donors (Lipinski definition) is 1. The molecule has 1 atom stereocenters. The number of ether oxygens (including phenoxy) is 3. The predicted octanol–water partition coefficient (Wildman–Crippen LogP) is 3.55. The fraction of sp³-hybridized carbons (Fsp3) is 0.217. The van der Waals surface area contributed by atoms with Gasteiger partial charge >= 0.3 is 0 Å². The molecule has 0 aliphatic carbocycles. The van der Waals surface area contributed by atoms with Crippen molar-refractivity contribution in [3.8, 4) is 23.4 Å². The lowest BCUT2D eigenvalue weighted by atomic mass is 9.83. The van der Waals surface area contributed by atoms with Crippen LogP contribution in [0.3, 0.4) is 0 Å². The molecule has 152 valence electrons. The third kappa shape index (κ3) is 3.17. The van der Waals surface area contributed by atoms with Crippen LogP contribution in [0.15, 0.2) is 60.0 Å². The Bertz CT molecular complexity index is 1160. The monoisotopic (exact) mass is 402 g/mol. The van der Waals surface area contributed by atoms with Gasteiger partial charge in [-0.15, -0.1) is 0 Å². The van der Waals surface area contributed by atoms with E-state index in [1.807, 2.05) is 55.5 Å². The van der Waals surface area contributed by atoms with Gasteiger partial charge in [-0.05, 0) is 36.8 Å². The summed E-state index contributed by atoms with van der Waals surface area (Å²) in [6.45, 7) is 2.29. The van der Waals surface area contributed by atoms with Gasteiger partial charge in [-0.1, -0.05) is 24.3 Å². The van der Waals surface area contributed by atoms with Gasteiger partial charge in [0.05, 0.1) is 36.6 Å². The zero-order chi connectivity index (χ0) is 21.3. The molecule has 2 heterocycles. The van der Waals surface area contributed by atoms with Crippen molar-refractivity contribution in [2.45, 2.75) is 19.4 Å². The van der Waals surface area contributed by atoms with Gasteiger partial charge in [0.25, 0.3) is 0 Å². The molecule has 1 aliphatic heterocycles. The summed E-state index contributed by atoms with van der Waals surface area (Å²) >= 11 is 0. The first kappa shape index (κ1) is 19.6. The molecule has 30 heavy (non-hydrogen) atoms. The topological polar surface area (TPSA) is 95.3 Å². The second-order valence-corrected chi connectivity index (χ2v) is 6.98. The van der Waals surface area contributed by atoms with Crippen LogP contribution in [0.2, 0.25) is 0 Å². The number of aromatic nitrogens is 2. The van der Waals surface area contributed by atoms with Gasteiger partial charge in [-0.3, -0.25) is 0 Å². The zero-order valence-electron chi connectivity index (χ0n) is 17.0. The minimum absolute atomic E-state index is 0.0798. The van der Waals surface area contributed by atoms with E-state index in [0.717, 1.165) is 33.8 Å². The van der Waals surface area contributed by atoms with Gasteiger partial charge in [0.2, 0.25) is 11.8 Å². The summed E-state index contributed by atoms with van der Waals surface area (Å²) in [6, 6.07) is 17.7. The Morgan fingerprint density at radius 3 is 2.63 bits per heavy atom. The third-order valence-corrected chi connectivity index (χ3v) is 5.17. The van der Waals surface area contributed by atoms with E-state index < -0.39 is 5.92 Å². The average molecular weight is 402 g/mol. The maximum atomic E-state index is 9.86. The van der Waals surface area contributed by atoms with Crippen molar-refractivity contribution in [1.29, 1.82) is 5.26 Å². The number of hydrogen-bond acceptors (Lipinski definition) is 6. The molecule has 1 unspecified atom stereocenters. The largest absolute Gasteiger partial charge is 0.496 e. The van der Waals surface area contributed by atoms with Gasteiger partial charge in [-0.25, -0.2) is 4.68 Å². The Kier molecular flexibility index (Phi) is 5.17. The maximum absolute atomic E-state index is 9.86. The van der Waals surface area contributed by atoms with Gasteiger partial charge in [0.1, 0.15) is 17.4 Å². The van der Waals surface area contributed by atoms with Crippen LogP contribution in [-0.4, -0.2) is 24.0 Å². The second kappa shape index (κ2) is 7.93. The minimum atomic E-state index is -0.405. The normalized spacial score (nSPS) is 15.3. The molecule has 0 amide bonds. The molecule has 4 rings (SSSR count). The molecule has 1 aromatic heterocycles. The van der Waals surface area contributed by atoms with Crippen molar-refractivity contribution < 1.29 is 14.2 Å². The molecule has 1 aliphatic rings. The highest BCUT2D eigenvalue weighted by atomic mass is 16.5. The molecular formula is C23H22N4O3. The molecule has 3 aromatic rings. The summed E-state index contributed by atoms with van der Waals surface area (Å²) in [6.07, 6.45) is 0. The number of allylic oxidation sites excluding steroid dienone is 1. The van der Waals surface area contributed by atoms with Crippen LogP contribution in [0, 0.1) is 18.3 Å². The van der Waals surface area contributed by atoms with Crippen molar-refractivity contribution in [3.05, 3.63) is 82.4 Å². The van der Waals surface area contributed by atoms with E-state index in [1.165, 1.54) is 0 Å². The number of nitrogens with two attached hydrogens (primary N) is 1. The standard InChI is InChI=1S/C23H22N4O3/c1-14-20-21(15-9-10-19(29-3)16(11-15)13-28-2)18(12-24)22(25)30-23(20)27(26-14)17-7-5-4-6-8-17/h4-11,21H,13,25H2,1-3H3. The Morgan fingerprint density at radius 1 is 1.20 bits per heavy atom. The Labute approximate surface area is 174 Å². The van der Waals surface area contributed by atoms with Gasteiger partial charge < -0.3 is 19.9 Å². The van der Waals surface area contributed by atoms with Gasteiger partial charge in [-0.2, -0.15) is 10.4 Å². The van der Waals surface area contributed by atoms with Crippen LogP contribution in [0.4, 0.5) is 0 Å². The van der Waals surface area contributed by atoms with Crippen molar-refractivity contribution in [1.82, 2.24) is 9.78 Å². The minimum Gasteiger partial charge on any atom is -0.496 e. The summed E-state index contributed by atoms with van der Waals surface area (Å²) in [4.78, 5) is 0. The number of methoxy groups -OCH3 is 2. The molecule has 0 saturated carbocycles. The van der Waals surface area contributed by atoms with Crippen LogP contribution >= 0.6 is 0 Å². The average Bonchev–Trinajstić information content (AvgIpc) is 3.09. The summed E-state index contributed by atoms with van der Waals surface area (Å²) < 4.78 is 18.4. The highest BCUT2D eigenvalue weighted by molar-refractivity contribution is 5.58. The van der Waals surface area contributed by atoms with Gasteiger partial charge in [0.15, 0.2) is 0 Å². The number of fused-ring (bicyclic) bond motifs is 1. The second-order valence-electron chi connectivity index (χ2n) is 6.98. The number of nitriles is 1. The fourth-order valence-electron chi connectivity index (χ4n) is 3.84. The number of aryl methyl sites for hydroxylation is 1. The van der Waals surface area contributed by atoms with Crippen molar-refractivity contribution in [2.75, 3.05) is 14.2 Å². The summed E-state index contributed by atoms with van der Waals surface area (Å²) in [5.41, 5.74) is 10.7. The Morgan fingerprint density at radius 2 is 1.97 bits per heavy atom. The quantitative estimate of drug-likeness (QED) is 0.701. The Hall–Kier alpha value is -3.76. The molecule has 0 saturated heterocycles. The third-order valence-electron chi connectivity index (χ3n) is 5.17. The lowest BCUT2D eigenvalue weighted by Crippen LogP contribution is -2.22. The smallest absolute Gasteiger partial charge is 0.229 e. The number of benzene rings is 2. The van der Waals surface area contributed by atoms with Crippen LogP contribution in [0.1, 0.15) is 28.3 Å². The first-order valence-corrected chi connectivity index (χ1v) is 9.47. The summed E-state index contributed by atoms with van der Waals surface area (Å²) in [5.74, 6) is 0.915. The van der Waals surface area contributed by atoms with Crippen LogP contribution in [-0.2, 0) is 11.3 Å². The van der Waals surface area contributed by atoms with E-state index >= 15 is 0 Å². The lowest BCUT2D eigenvalue weighted by Gasteiger charge is -2.25. The highest BCUT2D eigenvalue weighted by Gasteiger charge is 2.36. The van der Waals surface area contributed by atoms with Crippen LogP contribution < -0.4 is 15.2 Å². The molecule has 0 spiro atoms. The summed E-state index contributed by atoms with van der Waals surface area (Å²) in [7, 11) is 3.25. The number of para-hydroxylation sites is 1. The first-order valence-electron chi connectivity index (χ1n) is 9.47. The van der Waals surface area contributed by atoms with Gasteiger partial charge in [0, 0.05) is 12.7 Å². The fourth-order valence-corrected chi connectivity index (χ4v) is 3.84. The number of nitrogens with zero attached hydrogens (tertiary/aromatic N) is 3. The number of rotatable bonds is 5. The molecule has 2 aromatic carbocycles. The zero-order valence-corrected chi connectivity index (χ0v) is 17.0. The van der Waals surface area contributed by atoms with Crippen molar-refractivity contribution in [2.24, 2.45) is 5.73 Å². The van der Waals surface area contributed by atoms with Crippen molar-refractivity contribution in [3.63, 3.8) is 0 Å². The first-order chi connectivity index (χ1) is 14.6. The van der Waals surface area contributed by atoms with E-state index in [1.54, 1.807) is 18.9 Å². The molecule has 0 fully saturated rings. The molecule has 7 heteroatoms. The van der Waals surface area contributed by atoms with E-state index in [4.69, 9.17) is 19.9 Å². The van der Waals surface area contributed by atoms with E-state index in [9.17, 15) is 5.26 Å². The highest BCUT2D eigenvalue weighted by Crippen LogP contribution is 2.45. The van der Waals surface area contributed by atoms with Crippen molar-refractivity contribution >= 4 is 0 Å². The Balaban J connectivity index is 1.92. The lowest BCUT2D eigenvalue weighted by molar-refractivity contribution is 0.181. The van der Waals surface area contributed by atoms with Crippen LogP contribution in [0.5, 0.6) is 11.6 Å². The summed E-state index contributed by atoms with van der Waals surface area (Å²) in [5, 5.41) is 14.5. The molecular weight excluding hydrogens is 380 g/mol. The van der Waals surface area contributed by atoms with E-state index in [0.29, 0.717) is 18.1 Å². The molecule has 2 N–H and O–H groups in total. The molecule has 0 radical (unpaired) electrons. The molecule has 7 nitrogen and oxygen atoms in total. The van der Waals surface area contributed by atoms with E-state index in [2.05, 4.69) is 11.2 Å². The van der Waals surface area contributed by atoms with Crippen LogP contribution in [0.25, 0.3) is 5.69 Å². The maximum Gasteiger partial charge on any atom is 0.229 e. The predicted molar refractivity (Wildman–Crippen MR) is 111 cm³/mol. The SMILES string of the molecule is COCc1cc(C2C(C#N)=C(N)Oc3c2c(C)nn3-c2ccccc2)ccc1OC. The van der Waals surface area contributed by atoms with E-state index in [-0.39, 0.29) is 5.88 Å². The molecule has 0 bridgehead atoms.